The summed E-state index contributed by atoms with van der Waals surface area (Å²) in [5.74, 6) is 0.829. The highest BCUT2D eigenvalue weighted by molar-refractivity contribution is 5.91. The summed E-state index contributed by atoms with van der Waals surface area (Å²) in [6.45, 7) is 11.2. The van der Waals surface area contributed by atoms with Crippen molar-refractivity contribution in [3.63, 3.8) is 0 Å². The van der Waals surface area contributed by atoms with Crippen molar-refractivity contribution in [2.24, 2.45) is 0 Å². The van der Waals surface area contributed by atoms with Gasteiger partial charge in [0.1, 0.15) is 5.75 Å². The predicted octanol–water partition coefficient (Wildman–Crippen LogP) is 3.73. The fourth-order valence-electron chi connectivity index (χ4n) is 2.34. The molecule has 0 aliphatic rings. The van der Waals surface area contributed by atoms with Gasteiger partial charge in [-0.05, 0) is 62.7 Å². The van der Waals surface area contributed by atoms with Gasteiger partial charge in [-0.3, -0.25) is 4.79 Å². The van der Waals surface area contributed by atoms with Gasteiger partial charge in [-0.25, -0.2) is 0 Å². The molecule has 1 amide bonds. The smallest absolute Gasteiger partial charge is 0.243 e. The molecule has 1 rings (SSSR count). The van der Waals surface area contributed by atoms with Crippen LogP contribution in [-0.2, 0) is 4.79 Å². The lowest BCUT2D eigenvalue weighted by Crippen LogP contribution is -2.26. The second-order valence-corrected chi connectivity index (χ2v) is 5.78. The van der Waals surface area contributed by atoms with E-state index in [4.69, 9.17) is 4.74 Å². The highest BCUT2D eigenvalue weighted by Crippen LogP contribution is 2.13. The van der Waals surface area contributed by atoms with Crippen LogP contribution >= 0.6 is 0 Å². The zero-order valence-electron chi connectivity index (χ0n) is 15.4. The number of benzene rings is 1. The van der Waals surface area contributed by atoms with Gasteiger partial charge < -0.3 is 15.0 Å². The molecule has 4 heteroatoms. The molecule has 4 nitrogen and oxygen atoms in total. The van der Waals surface area contributed by atoms with Crippen molar-refractivity contribution in [2.45, 2.75) is 40.0 Å². The maximum atomic E-state index is 11.8. The van der Waals surface area contributed by atoms with E-state index in [0.29, 0.717) is 0 Å². The van der Waals surface area contributed by atoms with Crippen LogP contribution in [0.3, 0.4) is 0 Å². The van der Waals surface area contributed by atoms with Crippen LogP contribution in [0.5, 0.6) is 5.75 Å². The Bertz CT molecular complexity index is 479. The molecule has 0 aliphatic carbocycles. The van der Waals surface area contributed by atoms with Crippen molar-refractivity contribution in [3.8, 4) is 5.75 Å². The minimum atomic E-state index is -0.0378. The molecule has 0 aliphatic heterocycles. The Kier molecular flexibility index (Phi) is 10.6. The van der Waals surface area contributed by atoms with Crippen LogP contribution in [0.2, 0.25) is 0 Å². The van der Waals surface area contributed by atoms with Crippen LogP contribution in [0, 0.1) is 0 Å². The van der Waals surface area contributed by atoms with E-state index >= 15 is 0 Å². The highest BCUT2D eigenvalue weighted by atomic mass is 16.5. The molecule has 0 fully saturated rings. The highest BCUT2D eigenvalue weighted by Gasteiger charge is 1.99. The fourth-order valence-corrected chi connectivity index (χ4v) is 2.34. The number of hydrogen-bond acceptors (Lipinski definition) is 3. The van der Waals surface area contributed by atoms with Gasteiger partial charge in [0.15, 0.2) is 0 Å². The van der Waals surface area contributed by atoms with Crippen LogP contribution < -0.4 is 10.1 Å². The number of nitrogens with zero attached hydrogens (tertiary/aromatic N) is 1. The van der Waals surface area contributed by atoms with E-state index in [1.807, 2.05) is 30.3 Å². The van der Waals surface area contributed by atoms with Crippen LogP contribution in [0.4, 0.5) is 0 Å². The third-order valence-corrected chi connectivity index (χ3v) is 3.87. The third kappa shape index (κ3) is 8.73. The topological polar surface area (TPSA) is 41.6 Å². The van der Waals surface area contributed by atoms with Gasteiger partial charge in [-0.2, -0.15) is 0 Å². The molecule has 0 saturated heterocycles. The molecule has 0 bridgehead atoms. The largest absolute Gasteiger partial charge is 0.494 e. The van der Waals surface area contributed by atoms with Gasteiger partial charge in [-0.1, -0.05) is 32.9 Å². The molecule has 1 aromatic rings. The molecule has 1 N–H and O–H groups in total. The molecule has 24 heavy (non-hydrogen) atoms. The number of unbranched alkanes of at least 4 members (excludes halogenated alkanes) is 1. The Labute approximate surface area is 146 Å². The summed E-state index contributed by atoms with van der Waals surface area (Å²) in [6, 6.07) is 7.78. The van der Waals surface area contributed by atoms with E-state index in [1.54, 1.807) is 6.08 Å². The van der Waals surface area contributed by atoms with Crippen LogP contribution in [0.15, 0.2) is 30.3 Å². The normalized spacial score (nSPS) is 11.2. The number of carbonyl (C=O) groups is 1. The zero-order valence-corrected chi connectivity index (χ0v) is 15.4. The Hall–Kier alpha value is -1.81. The van der Waals surface area contributed by atoms with Crippen molar-refractivity contribution in [1.82, 2.24) is 10.2 Å². The van der Waals surface area contributed by atoms with Crippen molar-refractivity contribution < 1.29 is 9.53 Å². The van der Waals surface area contributed by atoms with Crippen LogP contribution in [0.1, 0.15) is 45.6 Å². The SMILES string of the molecule is CCCOc1ccc(/C=C/C(=O)NCCCCN(CC)CC)cc1. The summed E-state index contributed by atoms with van der Waals surface area (Å²) in [7, 11) is 0. The summed E-state index contributed by atoms with van der Waals surface area (Å²) < 4.78 is 5.54. The molecule has 0 radical (unpaired) electrons. The van der Waals surface area contributed by atoms with Gasteiger partial charge in [-0.15, -0.1) is 0 Å². The molecule has 0 unspecified atom stereocenters. The second kappa shape index (κ2) is 12.6. The van der Waals surface area contributed by atoms with Gasteiger partial charge in [0, 0.05) is 12.6 Å². The molecule has 0 atom stereocenters. The van der Waals surface area contributed by atoms with Gasteiger partial charge in [0.2, 0.25) is 5.91 Å². The van der Waals surface area contributed by atoms with Crippen molar-refractivity contribution >= 4 is 12.0 Å². The van der Waals surface area contributed by atoms with E-state index in [1.165, 1.54) is 0 Å². The summed E-state index contributed by atoms with van der Waals surface area (Å²) in [5, 5.41) is 2.93. The number of rotatable bonds is 12. The molecule has 0 spiro atoms. The third-order valence-electron chi connectivity index (χ3n) is 3.87. The molecule has 1 aromatic carbocycles. The number of ether oxygens (including phenoxy) is 1. The monoisotopic (exact) mass is 332 g/mol. The van der Waals surface area contributed by atoms with E-state index in [0.717, 1.165) is 63.4 Å². The lowest BCUT2D eigenvalue weighted by Gasteiger charge is -2.17. The standard InChI is InChI=1S/C20H32N2O2/c1-4-17-24-19-12-9-18(10-13-19)11-14-20(23)21-15-7-8-16-22(5-2)6-3/h9-14H,4-8,15-17H2,1-3H3,(H,21,23)/b14-11+. The summed E-state index contributed by atoms with van der Waals surface area (Å²) in [4.78, 5) is 14.2. The molecule has 0 heterocycles. The minimum absolute atomic E-state index is 0.0378. The quantitative estimate of drug-likeness (QED) is 0.468. The van der Waals surface area contributed by atoms with Crippen molar-refractivity contribution in [2.75, 3.05) is 32.8 Å². The van der Waals surface area contributed by atoms with Crippen LogP contribution in [-0.4, -0.2) is 43.6 Å². The number of amides is 1. The first kappa shape index (κ1) is 20.2. The van der Waals surface area contributed by atoms with E-state index in [2.05, 4.69) is 31.0 Å². The maximum absolute atomic E-state index is 11.8. The minimum Gasteiger partial charge on any atom is -0.494 e. The predicted molar refractivity (Wildman–Crippen MR) is 101 cm³/mol. The average Bonchev–Trinajstić information content (AvgIpc) is 2.62. The van der Waals surface area contributed by atoms with Crippen LogP contribution in [0.25, 0.3) is 6.08 Å². The Morgan fingerprint density at radius 1 is 1.12 bits per heavy atom. The summed E-state index contributed by atoms with van der Waals surface area (Å²) in [5.41, 5.74) is 0.996. The Morgan fingerprint density at radius 2 is 1.83 bits per heavy atom. The molecule has 0 saturated carbocycles. The summed E-state index contributed by atoms with van der Waals surface area (Å²) in [6.07, 6.45) is 6.54. The first-order valence-electron chi connectivity index (χ1n) is 9.10. The molecule has 0 aromatic heterocycles. The number of carbonyl (C=O) groups excluding carboxylic acids is 1. The average molecular weight is 332 g/mol. The van der Waals surface area contributed by atoms with Gasteiger partial charge >= 0.3 is 0 Å². The van der Waals surface area contributed by atoms with E-state index in [9.17, 15) is 4.79 Å². The zero-order chi connectivity index (χ0) is 17.6. The first-order chi connectivity index (χ1) is 11.7. The Balaban J connectivity index is 2.23. The molecular weight excluding hydrogens is 300 g/mol. The van der Waals surface area contributed by atoms with E-state index in [-0.39, 0.29) is 5.91 Å². The molecule has 134 valence electrons. The summed E-state index contributed by atoms with van der Waals surface area (Å²) >= 11 is 0. The number of hydrogen-bond donors (Lipinski definition) is 1. The lowest BCUT2D eigenvalue weighted by molar-refractivity contribution is -0.116. The fraction of sp³-hybridized carbons (Fsp3) is 0.550. The Morgan fingerprint density at radius 3 is 2.46 bits per heavy atom. The molecular formula is C20H32N2O2. The van der Waals surface area contributed by atoms with Crippen molar-refractivity contribution in [3.05, 3.63) is 35.9 Å². The van der Waals surface area contributed by atoms with Crippen molar-refractivity contribution in [1.29, 1.82) is 0 Å². The second-order valence-electron chi connectivity index (χ2n) is 5.78. The first-order valence-corrected chi connectivity index (χ1v) is 9.10. The number of nitrogens with one attached hydrogen (secondary N) is 1. The van der Waals surface area contributed by atoms with E-state index < -0.39 is 0 Å². The lowest BCUT2D eigenvalue weighted by atomic mass is 10.2. The maximum Gasteiger partial charge on any atom is 0.243 e. The van der Waals surface area contributed by atoms with Gasteiger partial charge in [0.05, 0.1) is 6.61 Å². The van der Waals surface area contributed by atoms with Gasteiger partial charge in [0.25, 0.3) is 0 Å².